The van der Waals surface area contributed by atoms with Gasteiger partial charge in [0, 0.05) is 6.92 Å². The number of phosphoric acid groups is 1. The van der Waals surface area contributed by atoms with Crippen LogP contribution in [0.4, 0.5) is 0 Å². The maximum Gasteiger partial charge on any atom is 0.475 e. The highest BCUT2D eigenvalue weighted by molar-refractivity contribution is 7.48. The standard InChI is InChI=1S/C10H18NO5P/c1-3-4-5-10(11-9(2)12)8-16-17(13)14-6-7-15-17/h3-4,10H,5-8H2,1-2H3,(H,11,12)/b4-3+/t10-/m1/s1. The monoisotopic (exact) mass is 263 g/mol. The number of amides is 1. The van der Waals surface area contributed by atoms with Gasteiger partial charge in [-0.2, -0.15) is 0 Å². The average molecular weight is 263 g/mol. The summed E-state index contributed by atoms with van der Waals surface area (Å²) in [5, 5.41) is 2.71. The number of carbonyl (C=O) groups excluding carboxylic acids is 1. The lowest BCUT2D eigenvalue weighted by Crippen LogP contribution is -2.36. The highest BCUT2D eigenvalue weighted by Crippen LogP contribution is 2.52. The Kier molecular flexibility index (Phi) is 5.85. The molecule has 0 spiro atoms. The molecule has 7 heteroatoms. The van der Waals surface area contributed by atoms with Gasteiger partial charge in [0.05, 0.1) is 25.9 Å². The second-order valence-corrected chi connectivity index (χ2v) is 5.28. The van der Waals surface area contributed by atoms with Gasteiger partial charge in [-0.3, -0.25) is 18.4 Å². The summed E-state index contributed by atoms with van der Waals surface area (Å²) in [6.07, 6.45) is 4.38. The molecule has 1 saturated heterocycles. The highest BCUT2D eigenvalue weighted by atomic mass is 31.2. The van der Waals surface area contributed by atoms with E-state index in [1.807, 2.05) is 19.1 Å². The van der Waals surface area contributed by atoms with Gasteiger partial charge in [-0.05, 0) is 13.3 Å². The number of carbonyl (C=O) groups is 1. The Hall–Kier alpha value is -0.680. The van der Waals surface area contributed by atoms with E-state index in [0.717, 1.165) is 0 Å². The van der Waals surface area contributed by atoms with Gasteiger partial charge < -0.3 is 5.32 Å². The van der Waals surface area contributed by atoms with Crippen molar-refractivity contribution >= 4 is 13.7 Å². The molecule has 0 aromatic carbocycles. The summed E-state index contributed by atoms with van der Waals surface area (Å²) < 4.78 is 26.6. The number of hydrogen-bond acceptors (Lipinski definition) is 5. The molecule has 0 radical (unpaired) electrons. The number of allylic oxidation sites excluding steroid dienone is 1. The van der Waals surface area contributed by atoms with Gasteiger partial charge in [0.15, 0.2) is 0 Å². The van der Waals surface area contributed by atoms with Crippen molar-refractivity contribution < 1.29 is 22.9 Å². The smallest absolute Gasteiger partial charge is 0.351 e. The Bertz CT molecular complexity index is 321. The van der Waals surface area contributed by atoms with E-state index in [9.17, 15) is 9.36 Å². The maximum atomic E-state index is 11.7. The van der Waals surface area contributed by atoms with E-state index < -0.39 is 7.82 Å². The molecule has 0 saturated carbocycles. The van der Waals surface area contributed by atoms with Gasteiger partial charge in [-0.1, -0.05) is 12.2 Å². The van der Waals surface area contributed by atoms with Crippen LogP contribution in [0.5, 0.6) is 0 Å². The predicted molar refractivity (Wildman–Crippen MR) is 62.5 cm³/mol. The largest absolute Gasteiger partial charge is 0.475 e. The molecule has 1 amide bonds. The second-order valence-electron chi connectivity index (χ2n) is 3.61. The fourth-order valence-electron chi connectivity index (χ4n) is 1.35. The maximum absolute atomic E-state index is 11.7. The van der Waals surface area contributed by atoms with Crippen LogP contribution in [0, 0.1) is 0 Å². The van der Waals surface area contributed by atoms with Crippen LogP contribution in [0.1, 0.15) is 20.3 Å². The number of hydrogen-bond donors (Lipinski definition) is 1. The lowest BCUT2D eigenvalue weighted by molar-refractivity contribution is -0.119. The molecule has 1 fully saturated rings. The normalized spacial score (nSPS) is 20.6. The molecule has 17 heavy (non-hydrogen) atoms. The van der Waals surface area contributed by atoms with Crippen LogP contribution in [0.15, 0.2) is 12.2 Å². The molecule has 6 nitrogen and oxygen atoms in total. The molecule has 0 bridgehead atoms. The van der Waals surface area contributed by atoms with E-state index in [4.69, 9.17) is 13.6 Å². The lowest BCUT2D eigenvalue weighted by atomic mass is 10.2. The fraction of sp³-hybridized carbons (Fsp3) is 0.700. The Morgan fingerprint density at radius 3 is 2.71 bits per heavy atom. The van der Waals surface area contributed by atoms with E-state index in [2.05, 4.69) is 5.32 Å². The molecule has 1 atom stereocenters. The minimum Gasteiger partial charge on any atom is -0.351 e. The molecular formula is C10H18NO5P. The lowest BCUT2D eigenvalue weighted by Gasteiger charge is -2.17. The molecular weight excluding hydrogens is 245 g/mol. The van der Waals surface area contributed by atoms with Crippen molar-refractivity contribution in [3.8, 4) is 0 Å². The van der Waals surface area contributed by atoms with Crippen molar-refractivity contribution in [1.29, 1.82) is 0 Å². The van der Waals surface area contributed by atoms with Crippen LogP contribution < -0.4 is 5.32 Å². The number of nitrogens with one attached hydrogen (secondary N) is 1. The summed E-state index contributed by atoms with van der Waals surface area (Å²) in [5.74, 6) is -0.158. The van der Waals surface area contributed by atoms with Gasteiger partial charge >= 0.3 is 7.82 Å². The van der Waals surface area contributed by atoms with E-state index in [0.29, 0.717) is 6.42 Å². The summed E-state index contributed by atoms with van der Waals surface area (Å²) >= 11 is 0. The van der Waals surface area contributed by atoms with E-state index in [1.165, 1.54) is 6.92 Å². The third-order valence-corrected chi connectivity index (χ3v) is 3.54. The molecule has 1 N–H and O–H groups in total. The first-order valence-electron chi connectivity index (χ1n) is 5.47. The van der Waals surface area contributed by atoms with E-state index in [1.54, 1.807) is 0 Å². The Balaban J connectivity index is 2.42. The molecule has 1 heterocycles. The molecule has 1 rings (SSSR count). The van der Waals surface area contributed by atoms with E-state index >= 15 is 0 Å². The average Bonchev–Trinajstić information content (AvgIpc) is 2.69. The summed E-state index contributed by atoms with van der Waals surface area (Å²) in [6.45, 7) is 3.96. The third kappa shape index (κ3) is 5.46. The van der Waals surface area contributed by atoms with Crippen molar-refractivity contribution in [3.05, 3.63) is 12.2 Å². The van der Waals surface area contributed by atoms with Gasteiger partial charge in [-0.15, -0.1) is 0 Å². The zero-order valence-corrected chi connectivity index (χ0v) is 10.9. The molecule has 0 aromatic heterocycles. The second kappa shape index (κ2) is 6.91. The molecule has 0 aromatic rings. The van der Waals surface area contributed by atoms with Gasteiger partial charge in [0.2, 0.25) is 5.91 Å². The molecule has 0 aliphatic carbocycles. The molecule has 98 valence electrons. The zero-order valence-electron chi connectivity index (χ0n) is 10.0. The molecule has 1 aliphatic heterocycles. The van der Waals surface area contributed by atoms with Crippen LogP contribution in [0.3, 0.4) is 0 Å². The van der Waals surface area contributed by atoms with Crippen LogP contribution in [0.25, 0.3) is 0 Å². The van der Waals surface area contributed by atoms with Crippen molar-refractivity contribution in [2.45, 2.75) is 26.3 Å². The first kappa shape index (κ1) is 14.4. The molecule has 1 aliphatic rings. The number of phosphoric ester groups is 1. The Morgan fingerprint density at radius 1 is 1.53 bits per heavy atom. The summed E-state index contributed by atoms with van der Waals surface area (Å²) in [4.78, 5) is 11.0. The van der Waals surface area contributed by atoms with Crippen molar-refractivity contribution in [2.75, 3.05) is 19.8 Å². The summed E-state index contributed by atoms with van der Waals surface area (Å²) in [5.41, 5.74) is 0. The SMILES string of the molecule is C/C=C/C[C@H](COP1(=O)OCCO1)NC(C)=O. The minimum atomic E-state index is -3.37. The quantitative estimate of drug-likeness (QED) is 0.582. The van der Waals surface area contributed by atoms with Crippen molar-refractivity contribution in [1.82, 2.24) is 5.32 Å². The minimum absolute atomic E-state index is 0.0984. The van der Waals surface area contributed by atoms with Crippen molar-refractivity contribution in [3.63, 3.8) is 0 Å². The zero-order chi connectivity index (χ0) is 12.7. The summed E-state index contributed by atoms with van der Waals surface area (Å²) in [7, 11) is -3.37. The van der Waals surface area contributed by atoms with Crippen LogP contribution in [-0.2, 0) is 22.9 Å². The first-order valence-corrected chi connectivity index (χ1v) is 6.94. The number of rotatable bonds is 6. The summed E-state index contributed by atoms with van der Waals surface area (Å²) in [6, 6.07) is -0.234. The van der Waals surface area contributed by atoms with Gasteiger partial charge in [0.1, 0.15) is 0 Å². The Labute approximate surface area is 101 Å². The van der Waals surface area contributed by atoms with Crippen molar-refractivity contribution in [2.24, 2.45) is 0 Å². The van der Waals surface area contributed by atoms with Gasteiger partial charge in [-0.25, -0.2) is 4.57 Å². The van der Waals surface area contributed by atoms with E-state index in [-0.39, 0.29) is 31.8 Å². The third-order valence-electron chi connectivity index (χ3n) is 2.08. The van der Waals surface area contributed by atoms with Gasteiger partial charge in [0.25, 0.3) is 0 Å². The molecule has 0 unspecified atom stereocenters. The fourth-order valence-corrected chi connectivity index (χ4v) is 2.53. The van der Waals surface area contributed by atoms with Crippen LogP contribution >= 0.6 is 7.82 Å². The Morgan fingerprint density at radius 2 is 2.18 bits per heavy atom. The first-order chi connectivity index (χ1) is 8.06. The van der Waals surface area contributed by atoms with Crippen LogP contribution in [-0.4, -0.2) is 31.8 Å². The topological polar surface area (TPSA) is 73.9 Å². The highest BCUT2D eigenvalue weighted by Gasteiger charge is 2.32. The van der Waals surface area contributed by atoms with Crippen LogP contribution in [0.2, 0.25) is 0 Å². The predicted octanol–water partition coefficient (Wildman–Crippen LogP) is 1.63.